The number of amides is 2. The van der Waals surface area contributed by atoms with E-state index in [-0.39, 0.29) is 11.1 Å². The topological polar surface area (TPSA) is 72.2 Å². The second kappa shape index (κ2) is 5.83. The molecule has 6 heteroatoms. The van der Waals surface area contributed by atoms with Gasteiger partial charge < -0.3 is 11.1 Å². The van der Waals surface area contributed by atoms with E-state index in [4.69, 9.17) is 5.73 Å². The first-order chi connectivity index (χ1) is 9.51. The number of anilines is 1. The Hall–Kier alpha value is -2.21. The summed E-state index contributed by atoms with van der Waals surface area (Å²) in [5.74, 6) is -1.57. The van der Waals surface area contributed by atoms with Crippen LogP contribution in [0.4, 0.5) is 9.39 Å². The largest absolute Gasteiger partial charge is 0.366 e. The van der Waals surface area contributed by atoms with E-state index in [9.17, 15) is 14.0 Å². The van der Waals surface area contributed by atoms with E-state index in [0.717, 1.165) is 17.4 Å². The molecule has 20 heavy (non-hydrogen) atoms. The number of primary amides is 1. The summed E-state index contributed by atoms with van der Waals surface area (Å²) < 4.78 is 13.1. The van der Waals surface area contributed by atoms with E-state index in [1.54, 1.807) is 6.07 Å². The first-order valence-electron chi connectivity index (χ1n) is 6.00. The van der Waals surface area contributed by atoms with Gasteiger partial charge in [-0.3, -0.25) is 9.59 Å². The standard InChI is InChI=1S/C14H13FN2O2S/c1-2-10-7-11(12(16)18)14(20-10)17-13(19)8-4-3-5-9(15)6-8/h3-7H,2H2,1H3,(H2,16,18)(H,17,19). The van der Waals surface area contributed by atoms with Crippen molar-refractivity contribution < 1.29 is 14.0 Å². The molecule has 3 N–H and O–H groups in total. The number of carbonyl (C=O) groups is 2. The summed E-state index contributed by atoms with van der Waals surface area (Å²) >= 11 is 1.29. The van der Waals surface area contributed by atoms with E-state index in [1.807, 2.05) is 6.92 Å². The van der Waals surface area contributed by atoms with Crippen molar-refractivity contribution in [3.63, 3.8) is 0 Å². The lowest BCUT2D eigenvalue weighted by atomic mass is 10.2. The van der Waals surface area contributed by atoms with Crippen LogP contribution in [0, 0.1) is 5.82 Å². The number of halogens is 1. The first kappa shape index (κ1) is 14.2. The monoisotopic (exact) mass is 292 g/mol. The van der Waals surface area contributed by atoms with Crippen LogP contribution in [0.1, 0.15) is 32.5 Å². The summed E-state index contributed by atoms with van der Waals surface area (Å²) in [7, 11) is 0. The Bertz CT molecular complexity index is 667. The molecule has 0 fully saturated rings. The zero-order valence-electron chi connectivity index (χ0n) is 10.8. The molecule has 0 unspecified atom stereocenters. The van der Waals surface area contributed by atoms with Gasteiger partial charge in [0.1, 0.15) is 10.8 Å². The fourth-order valence-electron chi connectivity index (χ4n) is 1.70. The molecule has 2 rings (SSSR count). The number of aryl methyl sites for hydroxylation is 1. The van der Waals surface area contributed by atoms with Crippen LogP contribution in [0.3, 0.4) is 0 Å². The summed E-state index contributed by atoms with van der Waals surface area (Å²) in [4.78, 5) is 24.3. The predicted octanol–water partition coefficient (Wildman–Crippen LogP) is 2.80. The highest BCUT2D eigenvalue weighted by atomic mass is 32.1. The summed E-state index contributed by atoms with van der Waals surface area (Å²) in [6, 6.07) is 7.00. The van der Waals surface area contributed by atoms with Gasteiger partial charge in [0.05, 0.1) is 5.56 Å². The SMILES string of the molecule is CCc1cc(C(N)=O)c(NC(=O)c2cccc(F)c2)s1. The Morgan fingerprint density at radius 1 is 1.35 bits per heavy atom. The molecule has 0 spiro atoms. The number of hydrogen-bond acceptors (Lipinski definition) is 3. The van der Waals surface area contributed by atoms with Crippen LogP contribution in [0.5, 0.6) is 0 Å². The number of thiophene rings is 1. The van der Waals surface area contributed by atoms with Crippen molar-refractivity contribution in [3.8, 4) is 0 Å². The predicted molar refractivity (Wildman–Crippen MR) is 76.6 cm³/mol. The fourth-order valence-corrected chi connectivity index (χ4v) is 2.69. The van der Waals surface area contributed by atoms with Crippen LogP contribution in [0.25, 0.3) is 0 Å². The van der Waals surface area contributed by atoms with Crippen LogP contribution >= 0.6 is 11.3 Å². The summed E-state index contributed by atoms with van der Waals surface area (Å²) in [6.45, 7) is 1.94. The van der Waals surface area contributed by atoms with Crippen molar-refractivity contribution in [2.24, 2.45) is 5.73 Å². The highest BCUT2D eigenvalue weighted by Crippen LogP contribution is 2.28. The van der Waals surface area contributed by atoms with Crippen LogP contribution in [0.2, 0.25) is 0 Å². The molecule has 0 radical (unpaired) electrons. The van der Waals surface area contributed by atoms with Crippen LogP contribution < -0.4 is 11.1 Å². The molecule has 2 aromatic rings. The average molecular weight is 292 g/mol. The summed E-state index contributed by atoms with van der Waals surface area (Å²) in [6.07, 6.45) is 0.737. The van der Waals surface area contributed by atoms with Crippen molar-refractivity contribution in [2.75, 3.05) is 5.32 Å². The Morgan fingerprint density at radius 2 is 2.10 bits per heavy atom. The Kier molecular flexibility index (Phi) is 4.14. The van der Waals surface area contributed by atoms with Gasteiger partial charge in [0, 0.05) is 10.4 Å². The summed E-state index contributed by atoms with van der Waals surface area (Å²) in [5, 5.41) is 2.99. The molecular weight excluding hydrogens is 279 g/mol. The van der Waals surface area contributed by atoms with E-state index < -0.39 is 17.6 Å². The van der Waals surface area contributed by atoms with Crippen LogP contribution in [-0.4, -0.2) is 11.8 Å². The maximum atomic E-state index is 13.1. The molecule has 0 atom stereocenters. The van der Waals surface area contributed by atoms with Crippen LogP contribution in [-0.2, 0) is 6.42 Å². The van der Waals surface area contributed by atoms with Gasteiger partial charge >= 0.3 is 0 Å². The van der Waals surface area contributed by atoms with E-state index in [1.165, 1.54) is 29.5 Å². The van der Waals surface area contributed by atoms with Gasteiger partial charge in [-0.1, -0.05) is 13.0 Å². The molecule has 0 saturated carbocycles. The quantitative estimate of drug-likeness (QED) is 0.909. The Balaban J connectivity index is 2.27. The van der Waals surface area contributed by atoms with Gasteiger partial charge in [-0.2, -0.15) is 0 Å². The zero-order valence-corrected chi connectivity index (χ0v) is 11.6. The fraction of sp³-hybridized carbons (Fsp3) is 0.143. The molecule has 4 nitrogen and oxygen atoms in total. The van der Waals surface area contributed by atoms with Gasteiger partial charge in [-0.25, -0.2) is 4.39 Å². The third-order valence-electron chi connectivity index (χ3n) is 2.71. The minimum Gasteiger partial charge on any atom is -0.366 e. The molecule has 0 aliphatic heterocycles. The van der Waals surface area contributed by atoms with E-state index in [2.05, 4.69) is 5.32 Å². The molecule has 0 bridgehead atoms. The molecule has 2 amide bonds. The number of carbonyl (C=O) groups excluding carboxylic acids is 2. The minimum absolute atomic E-state index is 0.187. The zero-order chi connectivity index (χ0) is 14.7. The van der Waals surface area contributed by atoms with E-state index >= 15 is 0 Å². The lowest BCUT2D eigenvalue weighted by Crippen LogP contribution is -2.16. The van der Waals surface area contributed by atoms with Gasteiger partial charge in [-0.15, -0.1) is 11.3 Å². The van der Waals surface area contributed by atoms with E-state index in [0.29, 0.717) is 5.00 Å². The smallest absolute Gasteiger partial charge is 0.256 e. The highest BCUT2D eigenvalue weighted by Gasteiger charge is 2.16. The van der Waals surface area contributed by atoms with Gasteiger partial charge in [0.2, 0.25) is 0 Å². The molecule has 1 aromatic carbocycles. The van der Waals surface area contributed by atoms with Gasteiger partial charge in [0.25, 0.3) is 11.8 Å². The number of rotatable bonds is 4. The third-order valence-corrected chi connectivity index (χ3v) is 3.91. The summed E-state index contributed by atoms with van der Waals surface area (Å²) in [5.41, 5.74) is 5.74. The number of nitrogens with two attached hydrogens (primary N) is 1. The highest BCUT2D eigenvalue weighted by molar-refractivity contribution is 7.16. The van der Waals surface area contributed by atoms with Crippen molar-refractivity contribution in [1.29, 1.82) is 0 Å². The Morgan fingerprint density at radius 3 is 2.70 bits per heavy atom. The molecule has 0 saturated heterocycles. The van der Waals surface area contributed by atoms with Gasteiger partial charge in [-0.05, 0) is 30.7 Å². The molecule has 104 valence electrons. The second-order valence-corrected chi connectivity index (χ2v) is 5.27. The molecule has 0 aliphatic rings. The van der Waals surface area contributed by atoms with Crippen molar-refractivity contribution >= 4 is 28.2 Å². The molecular formula is C14H13FN2O2S. The molecule has 1 heterocycles. The van der Waals surface area contributed by atoms with Crippen molar-refractivity contribution in [1.82, 2.24) is 0 Å². The molecule has 1 aromatic heterocycles. The average Bonchev–Trinajstić information content (AvgIpc) is 2.82. The van der Waals surface area contributed by atoms with Gasteiger partial charge in [0.15, 0.2) is 0 Å². The van der Waals surface area contributed by atoms with Crippen molar-refractivity contribution in [2.45, 2.75) is 13.3 Å². The maximum absolute atomic E-state index is 13.1. The normalized spacial score (nSPS) is 10.3. The lowest BCUT2D eigenvalue weighted by Gasteiger charge is -2.04. The third kappa shape index (κ3) is 3.03. The number of nitrogens with one attached hydrogen (secondary N) is 1. The lowest BCUT2D eigenvalue weighted by molar-refractivity contribution is 0.100. The number of benzene rings is 1. The Labute approximate surface area is 119 Å². The minimum atomic E-state index is -0.601. The number of hydrogen-bond donors (Lipinski definition) is 2. The molecule has 0 aliphatic carbocycles. The second-order valence-electron chi connectivity index (χ2n) is 4.14. The first-order valence-corrected chi connectivity index (χ1v) is 6.82. The van der Waals surface area contributed by atoms with Crippen molar-refractivity contribution in [3.05, 3.63) is 52.2 Å². The van der Waals surface area contributed by atoms with Crippen LogP contribution in [0.15, 0.2) is 30.3 Å². The maximum Gasteiger partial charge on any atom is 0.256 e.